The number of aliphatic carboxylic acids is 1. The van der Waals surface area contributed by atoms with Gasteiger partial charge in [-0.25, -0.2) is 4.79 Å². The monoisotopic (exact) mass is 490 g/mol. The fourth-order valence-electron chi connectivity index (χ4n) is 3.53. The number of aliphatic hydroxyl groups is 1. The highest BCUT2D eigenvalue weighted by Gasteiger charge is 2.28. The number of fused-ring (bicyclic) bond motifs is 1. The van der Waals surface area contributed by atoms with E-state index < -0.39 is 54.5 Å². The van der Waals surface area contributed by atoms with Gasteiger partial charge in [0.15, 0.2) is 0 Å². The zero-order chi connectivity index (χ0) is 26.0. The first kappa shape index (κ1) is 27.8. The molecule has 0 aliphatic rings. The van der Waals surface area contributed by atoms with Gasteiger partial charge in [-0.05, 0) is 50.8 Å². The van der Waals surface area contributed by atoms with Gasteiger partial charge in [0.2, 0.25) is 17.7 Å². The summed E-state index contributed by atoms with van der Waals surface area (Å²) >= 11 is 0. The highest BCUT2D eigenvalue weighted by atomic mass is 16.4. The summed E-state index contributed by atoms with van der Waals surface area (Å²) in [4.78, 5) is 52.1. The summed E-state index contributed by atoms with van der Waals surface area (Å²) in [7, 11) is 0. The number of carboxylic acids is 1. The number of H-pyrrole nitrogens is 1. The van der Waals surface area contributed by atoms with Gasteiger partial charge in [0, 0.05) is 17.1 Å². The third-order valence-corrected chi connectivity index (χ3v) is 5.58. The third kappa shape index (κ3) is 8.05. The number of aromatic nitrogens is 1. The third-order valence-electron chi connectivity index (χ3n) is 5.58. The van der Waals surface area contributed by atoms with E-state index in [1.54, 1.807) is 6.20 Å². The Bertz CT molecular complexity index is 1020. The highest BCUT2D eigenvalue weighted by molar-refractivity contribution is 5.94. The van der Waals surface area contributed by atoms with Gasteiger partial charge in [-0.15, -0.1) is 0 Å². The molecule has 0 aliphatic heterocycles. The molecule has 2 rings (SSSR count). The summed E-state index contributed by atoms with van der Waals surface area (Å²) in [6.07, 6.45) is 3.34. The average Bonchev–Trinajstić information content (AvgIpc) is 3.24. The van der Waals surface area contributed by atoms with Crippen molar-refractivity contribution in [2.24, 2.45) is 11.5 Å². The highest BCUT2D eigenvalue weighted by Crippen LogP contribution is 2.18. The molecule has 4 unspecified atom stereocenters. The van der Waals surface area contributed by atoms with Crippen molar-refractivity contribution in [1.82, 2.24) is 20.9 Å². The van der Waals surface area contributed by atoms with Crippen molar-refractivity contribution in [1.29, 1.82) is 0 Å². The normalized spacial score (nSPS) is 14.5. The van der Waals surface area contributed by atoms with Crippen molar-refractivity contribution in [3.05, 3.63) is 36.0 Å². The van der Waals surface area contributed by atoms with Crippen LogP contribution >= 0.6 is 0 Å². The Morgan fingerprint density at radius 3 is 2.34 bits per heavy atom. The maximum absolute atomic E-state index is 12.7. The van der Waals surface area contributed by atoms with Crippen LogP contribution in [0.4, 0.5) is 0 Å². The van der Waals surface area contributed by atoms with Crippen LogP contribution in [0.1, 0.15) is 31.7 Å². The number of aliphatic hydroxyl groups excluding tert-OH is 1. The average molecular weight is 491 g/mol. The van der Waals surface area contributed by atoms with E-state index in [-0.39, 0.29) is 12.8 Å². The van der Waals surface area contributed by atoms with Crippen molar-refractivity contribution in [3.63, 3.8) is 0 Å². The predicted octanol–water partition coefficient (Wildman–Crippen LogP) is -1.28. The molecule has 0 aliphatic carbocycles. The number of aromatic amines is 1. The minimum atomic E-state index is -1.50. The van der Waals surface area contributed by atoms with E-state index in [9.17, 15) is 19.2 Å². The lowest BCUT2D eigenvalue weighted by molar-refractivity contribution is -0.143. The molecule has 1 aromatic carbocycles. The standard InChI is InChI=1S/C23H34N6O6/c1-13(27-21(32)16(25)10-14-11-26-17-7-3-2-6-15(14)17)20(31)28-18(8-4-5-9-24)22(33)29-19(12-30)23(34)35/h2-3,6-7,11,13,16,18-19,26,30H,4-5,8-10,12,24-25H2,1H3,(H,27,32)(H,28,31)(H,29,33)(H,34,35). The van der Waals surface area contributed by atoms with Gasteiger partial charge in [-0.2, -0.15) is 0 Å². The lowest BCUT2D eigenvalue weighted by atomic mass is 10.0. The summed E-state index contributed by atoms with van der Waals surface area (Å²) in [6.45, 7) is 1.04. The maximum Gasteiger partial charge on any atom is 0.328 e. The Morgan fingerprint density at radius 1 is 1.00 bits per heavy atom. The first-order valence-electron chi connectivity index (χ1n) is 11.4. The molecule has 0 saturated carbocycles. The Kier molecular flexibility index (Phi) is 10.6. The van der Waals surface area contributed by atoms with E-state index in [1.165, 1.54) is 6.92 Å². The molecule has 192 valence electrons. The van der Waals surface area contributed by atoms with E-state index >= 15 is 0 Å². The largest absolute Gasteiger partial charge is 0.480 e. The summed E-state index contributed by atoms with van der Waals surface area (Å²) in [5.74, 6) is -3.33. The predicted molar refractivity (Wildman–Crippen MR) is 129 cm³/mol. The number of hydrogen-bond acceptors (Lipinski definition) is 7. The van der Waals surface area contributed by atoms with Crippen LogP contribution in [0.15, 0.2) is 30.5 Å². The second-order valence-electron chi connectivity index (χ2n) is 8.33. The molecule has 1 heterocycles. The minimum absolute atomic E-state index is 0.202. The summed E-state index contributed by atoms with van der Waals surface area (Å²) < 4.78 is 0. The van der Waals surface area contributed by atoms with Crippen LogP contribution in [0.2, 0.25) is 0 Å². The zero-order valence-electron chi connectivity index (χ0n) is 19.6. The molecule has 12 heteroatoms. The van der Waals surface area contributed by atoms with Crippen LogP contribution < -0.4 is 27.4 Å². The zero-order valence-corrected chi connectivity index (χ0v) is 19.6. The number of nitrogens with one attached hydrogen (secondary N) is 4. The quantitative estimate of drug-likeness (QED) is 0.149. The number of carbonyl (C=O) groups excluding carboxylic acids is 3. The van der Waals surface area contributed by atoms with Crippen LogP contribution in [0.5, 0.6) is 0 Å². The molecule has 35 heavy (non-hydrogen) atoms. The fraction of sp³-hybridized carbons (Fsp3) is 0.478. The number of hydrogen-bond donors (Lipinski definition) is 8. The molecule has 0 saturated heterocycles. The second kappa shape index (κ2) is 13.4. The van der Waals surface area contributed by atoms with Crippen molar-refractivity contribution < 1.29 is 29.4 Å². The molecule has 0 bridgehead atoms. The number of amides is 3. The number of para-hydroxylation sites is 1. The molecule has 3 amide bonds. The van der Waals surface area contributed by atoms with E-state index in [2.05, 4.69) is 20.9 Å². The van der Waals surface area contributed by atoms with Gasteiger partial charge in [0.1, 0.15) is 18.1 Å². The van der Waals surface area contributed by atoms with E-state index in [4.69, 9.17) is 21.7 Å². The Balaban J connectivity index is 1.97. The number of carbonyl (C=O) groups is 4. The van der Waals surface area contributed by atoms with Gasteiger partial charge in [0.05, 0.1) is 12.6 Å². The molecule has 0 radical (unpaired) electrons. The molecular formula is C23H34N6O6. The van der Waals surface area contributed by atoms with Crippen molar-refractivity contribution in [3.8, 4) is 0 Å². The van der Waals surface area contributed by atoms with E-state index in [0.717, 1.165) is 16.5 Å². The topological polar surface area (TPSA) is 213 Å². The van der Waals surface area contributed by atoms with Crippen molar-refractivity contribution in [2.45, 2.75) is 56.8 Å². The molecular weight excluding hydrogens is 456 g/mol. The van der Waals surface area contributed by atoms with Crippen LogP contribution in [-0.2, 0) is 25.6 Å². The Hall–Kier alpha value is -3.48. The van der Waals surface area contributed by atoms with Crippen molar-refractivity contribution >= 4 is 34.6 Å². The van der Waals surface area contributed by atoms with Crippen LogP contribution in [0.25, 0.3) is 10.9 Å². The van der Waals surface area contributed by atoms with Crippen LogP contribution in [0, 0.1) is 0 Å². The molecule has 1 aromatic heterocycles. The molecule has 0 spiro atoms. The SMILES string of the molecule is CC(NC(=O)C(N)Cc1c[nH]c2ccccc12)C(=O)NC(CCCCN)C(=O)NC(CO)C(=O)O. The maximum atomic E-state index is 12.7. The lowest BCUT2D eigenvalue weighted by Gasteiger charge is -2.23. The number of nitrogens with two attached hydrogens (primary N) is 2. The molecule has 4 atom stereocenters. The minimum Gasteiger partial charge on any atom is -0.480 e. The van der Waals surface area contributed by atoms with Crippen molar-refractivity contribution in [2.75, 3.05) is 13.2 Å². The molecule has 2 aromatic rings. The second-order valence-corrected chi connectivity index (χ2v) is 8.33. The van der Waals surface area contributed by atoms with Gasteiger partial charge < -0.3 is 42.6 Å². The summed E-state index contributed by atoms with van der Waals surface area (Å²) in [5, 5.41) is 26.4. The van der Waals surface area contributed by atoms with Crippen LogP contribution in [-0.4, -0.2) is 76.2 Å². The fourth-order valence-corrected chi connectivity index (χ4v) is 3.53. The number of benzene rings is 1. The summed E-state index contributed by atoms with van der Waals surface area (Å²) in [6, 6.07) is 3.13. The van der Waals surface area contributed by atoms with E-state index in [0.29, 0.717) is 19.4 Å². The first-order valence-corrected chi connectivity index (χ1v) is 11.4. The van der Waals surface area contributed by atoms with E-state index in [1.807, 2.05) is 24.3 Å². The molecule has 0 fully saturated rings. The Morgan fingerprint density at radius 2 is 1.69 bits per heavy atom. The molecule has 12 nitrogen and oxygen atoms in total. The van der Waals surface area contributed by atoms with Gasteiger partial charge in [-0.1, -0.05) is 18.2 Å². The smallest absolute Gasteiger partial charge is 0.328 e. The summed E-state index contributed by atoms with van der Waals surface area (Å²) in [5.41, 5.74) is 13.3. The van der Waals surface area contributed by atoms with Gasteiger partial charge in [0.25, 0.3) is 0 Å². The van der Waals surface area contributed by atoms with Crippen LogP contribution in [0.3, 0.4) is 0 Å². The number of unbranched alkanes of at least 4 members (excludes halogenated alkanes) is 1. The van der Waals surface area contributed by atoms with Gasteiger partial charge in [-0.3, -0.25) is 14.4 Å². The van der Waals surface area contributed by atoms with Gasteiger partial charge >= 0.3 is 5.97 Å². The Labute approximate surface area is 202 Å². The first-order chi connectivity index (χ1) is 16.7. The number of rotatable bonds is 14. The number of carboxylic acid groups (broad SMARTS) is 1. The lowest BCUT2D eigenvalue weighted by Crippen LogP contribution is -2.56. The molecule has 10 N–H and O–H groups in total.